The first-order chi connectivity index (χ1) is 8.12. The molecule has 0 aliphatic rings. The first-order valence-corrected chi connectivity index (χ1v) is 6.38. The van der Waals surface area contributed by atoms with Crippen LogP contribution in [0.5, 0.6) is 0 Å². The highest BCUT2D eigenvalue weighted by Crippen LogP contribution is 2.22. The van der Waals surface area contributed by atoms with Crippen molar-refractivity contribution >= 4 is 5.69 Å². The molecule has 0 heterocycles. The zero-order chi connectivity index (χ0) is 12.8. The van der Waals surface area contributed by atoms with E-state index >= 15 is 0 Å². The van der Waals surface area contributed by atoms with E-state index in [0.717, 1.165) is 30.6 Å². The summed E-state index contributed by atoms with van der Waals surface area (Å²) in [6.07, 6.45) is 1.78. The molecule has 0 saturated carbocycles. The molecule has 2 nitrogen and oxygen atoms in total. The van der Waals surface area contributed by atoms with Crippen LogP contribution in [0.2, 0.25) is 0 Å². The minimum absolute atomic E-state index is 0.173. The van der Waals surface area contributed by atoms with Gasteiger partial charge < -0.3 is 10.6 Å². The summed E-state index contributed by atoms with van der Waals surface area (Å²) in [7, 11) is 0. The van der Waals surface area contributed by atoms with Gasteiger partial charge in [-0.2, -0.15) is 0 Å². The highest BCUT2D eigenvalue weighted by atomic mass is 19.1. The van der Waals surface area contributed by atoms with E-state index in [1.807, 2.05) is 6.07 Å². The molecule has 2 N–H and O–H groups in total. The average molecular weight is 238 g/mol. The molecule has 17 heavy (non-hydrogen) atoms. The molecule has 1 aromatic rings. The van der Waals surface area contributed by atoms with Gasteiger partial charge in [-0.05, 0) is 57.0 Å². The third-order valence-corrected chi connectivity index (χ3v) is 3.17. The van der Waals surface area contributed by atoms with Gasteiger partial charge in [0, 0.05) is 18.3 Å². The number of nitrogens with two attached hydrogens (primary N) is 1. The smallest absolute Gasteiger partial charge is 0.125 e. The normalized spacial score (nSPS) is 12.5. The summed E-state index contributed by atoms with van der Waals surface area (Å²) >= 11 is 0. The van der Waals surface area contributed by atoms with Crippen molar-refractivity contribution in [3.8, 4) is 0 Å². The Kier molecular flexibility index (Phi) is 5.42. The Balaban J connectivity index is 3.01. The molecule has 0 aromatic heterocycles. The Morgan fingerprint density at radius 3 is 2.53 bits per heavy atom. The van der Waals surface area contributed by atoms with E-state index in [1.165, 1.54) is 0 Å². The third kappa shape index (κ3) is 3.70. The van der Waals surface area contributed by atoms with Gasteiger partial charge in [0.15, 0.2) is 0 Å². The van der Waals surface area contributed by atoms with Gasteiger partial charge in [-0.1, -0.05) is 6.92 Å². The van der Waals surface area contributed by atoms with Crippen LogP contribution in [-0.2, 0) is 6.42 Å². The standard InChI is InChI=1S/C14H23FN2/c1-4-11(3)17(5-2)14-9-12(6-7-16)8-13(15)10-14/h8-11H,4-7,16H2,1-3H3. The maximum absolute atomic E-state index is 13.5. The van der Waals surface area contributed by atoms with Gasteiger partial charge >= 0.3 is 0 Å². The van der Waals surface area contributed by atoms with E-state index in [1.54, 1.807) is 12.1 Å². The lowest BCUT2D eigenvalue weighted by molar-refractivity contribution is 0.609. The molecule has 1 unspecified atom stereocenters. The predicted molar refractivity (Wildman–Crippen MR) is 71.9 cm³/mol. The summed E-state index contributed by atoms with van der Waals surface area (Å²) in [6, 6.07) is 5.65. The lowest BCUT2D eigenvalue weighted by Crippen LogP contribution is -2.32. The molecule has 0 fully saturated rings. The molecule has 1 aromatic carbocycles. The maximum Gasteiger partial charge on any atom is 0.125 e. The first kappa shape index (κ1) is 14.0. The molecule has 0 aliphatic heterocycles. The van der Waals surface area contributed by atoms with Gasteiger partial charge in [0.1, 0.15) is 5.82 Å². The SMILES string of the molecule is CCC(C)N(CC)c1cc(F)cc(CCN)c1. The molecule has 0 saturated heterocycles. The number of hydrogen-bond donors (Lipinski definition) is 1. The Labute approximate surface area is 104 Å². The fraction of sp³-hybridized carbons (Fsp3) is 0.571. The van der Waals surface area contributed by atoms with Gasteiger partial charge in [0.2, 0.25) is 0 Å². The van der Waals surface area contributed by atoms with E-state index in [2.05, 4.69) is 25.7 Å². The van der Waals surface area contributed by atoms with Gasteiger partial charge in [0.25, 0.3) is 0 Å². The van der Waals surface area contributed by atoms with Crippen LogP contribution in [0, 0.1) is 5.82 Å². The fourth-order valence-corrected chi connectivity index (χ4v) is 2.08. The summed E-state index contributed by atoms with van der Waals surface area (Å²) in [5, 5.41) is 0. The highest BCUT2D eigenvalue weighted by molar-refractivity contribution is 5.50. The molecule has 0 amide bonds. The maximum atomic E-state index is 13.5. The molecule has 96 valence electrons. The van der Waals surface area contributed by atoms with E-state index in [0.29, 0.717) is 12.6 Å². The Morgan fingerprint density at radius 2 is 2.00 bits per heavy atom. The number of anilines is 1. The monoisotopic (exact) mass is 238 g/mol. The predicted octanol–water partition coefficient (Wildman–Crippen LogP) is 2.95. The van der Waals surface area contributed by atoms with Gasteiger partial charge in [-0.15, -0.1) is 0 Å². The second kappa shape index (κ2) is 6.60. The second-order valence-electron chi connectivity index (χ2n) is 4.40. The van der Waals surface area contributed by atoms with Crippen molar-refractivity contribution in [3.63, 3.8) is 0 Å². The molecule has 0 bridgehead atoms. The lowest BCUT2D eigenvalue weighted by atomic mass is 10.1. The molecule has 0 aliphatic carbocycles. The van der Waals surface area contributed by atoms with Gasteiger partial charge in [-0.3, -0.25) is 0 Å². The van der Waals surface area contributed by atoms with Crippen molar-refractivity contribution in [3.05, 3.63) is 29.6 Å². The van der Waals surface area contributed by atoms with Crippen molar-refractivity contribution in [1.29, 1.82) is 0 Å². The van der Waals surface area contributed by atoms with Crippen LogP contribution >= 0.6 is 0 Å². The minimum atomic E-state index is -0.173. The molecule has 1 atom stereocenters. The minimum Gasteiger partial charge on any atom is -0.369 e. The third-order valence-electron chi connectivity index (χ3n) is 3.17. The summed E-state index contributed by atoms with van der Waals surface area (Å²) < 4.78 is 13.5. The fourth-order valence-electron chi connectivity index (χ4n) is 2.08. The summed E-state index contributed by atoms with van der Waals surface area (Å²) in [4.78, 5) is 2.23. The number of nitrogens with zero attached hydrogens (tertiary/aromatic N) is 1. The summed E-state index contributed by atoms with van der Waals surface area (Å²) in [5.41, 5.74) is 7.46. The van der Waals surface area contributed by atoms with Crippen LogP contribution < -0.4 is 10.6 Å². The van der Waals surface area contributed by atoms with Crippen molar-refractivity contribution in [2.45, 2.75) is 39.7 Å². The molecule has 0 radical (unpaired) electrons. The molecule has 3 heteroatoms. The molecule has 1 rings (SSSR count). The van der Waals surface area contributed by atoms with Crippen molar-refractivity contribution in [2.24, 2.45) is 5.73 Å². The lowest BCUT2D eigenvalue weighted by Gasteiger charge is -2.30. The van der Waals surface area contributed by atoms with E-state index in [-0.39, 0.29) is 5.82 Å². The van der Waals surface area contributed by atoms with Crippen LogP contribution in [-0.4, -0.2) is 19.1 Å². The summed E-state index contributed by atoms with van der Waals surface area (Å²) in [5.74, 6) is -0.173. The first-order valence-electron chi connectivity index (χ1n) is 6.38. The van der Waals surface area contributed by atoms with Crippen LogP contribution in [0.25, 0.3) is 0 Å². The van der Waals surface area contributed by atoms with E-state index < -0.39 is 0 Å². The zero-order valence-electron chi connectivity index (χ0n) is 11.0. The molecule has 0 spiro atoms. The quantitative estimate of drug-likeness (QED) is 0.825. The van der Waals surface area contributed by atoms with Gasteiger partial charge in [-0.25, -0.2) is 4.39 Å². The Bertz CT molecular complexity index is 352. The van der Waals surface area contributed by atoms with Crippen LogP contribution in [0.4, 0.5) is 10.1 Å². The largest absolute Gasteiger partial charge is 0.369 e. The van der Waals surface area contributed by atoms with Crippen molar-refractivity contribution in [1.82, 2.24) is 0 Å². The van der Waals surface area contributed by atoms with Crippen molar-refractivity contribution in [2.75, 3.05) is 18.0 Å². The zero-order valence-corrected chi connectivity index (χ0v) is 11.0. The van der Waals surface area contributed by atoms with E-state index in [4.69, 9.17) is 5.73 Å². The number of hydrogen-bond acceptors (Lipinski definition) is 2. The Morgan fingerprint density at radius 1 is 1.29 bits per heavy atom. The summed E-state index contributed by atoms with van der Waals surface area (Å²) in [6.45, 7) is 7.85. The second-order valence-corrected chi connectivity index (χ2v) is 4.40. The molecular weight excluding hydrogens is 215 g/mol. The highest BCUT2D eigenvalue weighted by Gasteiger charge is 2.12. The van der Waals surface area contributed by atoms with Crippen molar-refractivity contribution < 1.29 is 4.39 Å². The van der Waals surface area contributed by atoms with Crippen LogP contribution in [0.3, 0.4) is 0 Å². The number of halogens is 1. The van der Waals surface area contributed by atoms with Crippen LogP contribution in [0.15, 0.2) is 18.2 Å². The topological polar surface area (TPSA) is 29.3 Å². The number of rotatable bonds is 6. The average Bonchev–Trinajstić information content (AvgIpc) is 2.29. The number of benzene rings is 1. The molecular formula is C14H23FN2. The van der Waals surface area contributed by atoms with E-state index in [9.17, 15) is 4.39 Å². The Hall–Kier alpha value is -1.09. The van der Waals surface area contributed by atoms with Crippen LogP contribution in [0.1, 0.15) is 32.8 Å². The van der Waals surface area contributed by atoms with Gasteiger partial charge in [0.05, 0.1) is 0 Å².